The number of nitrogen functional groups attached to an aromatic ring is 1. The van der Waals surface area contributed by atoms with Crippen LogP contribution in [0.5, 0.6) is 0 Å². The number of nitrogens with two attached hydrogens (primary N) is 1. The van der Waals surface area contributed by atoms with Gasteiger partial charge in [-0.25, -0.2) is 5.84 Å². The van der Waals surface area contributed by atoms with Gasteiger partial charge in [-0.15, -0.1) is 0 Å². The van der Waals surface area contributed by atoms with Crippen molar-refractivity contribution < 1.29 is 4.79 Å². The Hall–Kier alpha value is -1.00. The van der Waals surface area contributed by atoms with Gasteiger partial charge in [-0.05, 0) is 23.8 Å². The number of carbonyl (C=O) groups excluding carboxylic acids is 1. The van der Waals surface area contributed by atoms with Crippen molar-refractivity contribution in [3.8, 4) is 0 Å². The second-order valence-corrected chi connectivity index (χ2v) is 4.29. The van der Waals surface area contributed by atoms with Crippen LogP contribution in [0, 0.1) is 0 Å². The molecule has 0 aliphatic carbocycles. The van der Waals surface area contributed by atoms with Gasteiger partial charge in [-0.2, -0.15) is 11.8 Å². The largest absolute Gasteiger partial charge is 0.290 e. The van der Waals surface area contributed by atoms with Crippen molar-refractivity contribution in [3.05, 3.63) is 35.4 Å². The Morgan fingerprint density at radius 2 is 2.20 bits per heavy atom. The van der Waals surface area contributed by atoms with E-state index in [1.807, 2.05) is 30.0 Å². The Kier molecular flexibility index (Phi) is 5.21. The number of thioether (sulfide) groups is 1. The Morgan fingerprint density at radius 1 is 1.47 bits per heavy atom. The fourth-order valence-electron chi connectivity index (χ4n) is 1.27. The second-order valence-electron chi connectivity index (χ2n) is 3.18. The van der Waals surface area contributed by atoms with Crippen LogP contribution < -0.4 is 11.3 Å². The summed E-state index contributed by atoms with van der Waals surface area (Å²) in [5.41, 5.74) is 3.87. The minimum Gasteiger partial charge on any atom is -0.290 e. The lowest BCUT2D eigenvalue weighted by molar-refractivity contribution is 0.0953. The summed E-state index contributed by atoms with van der Waals surface area (Å²) in [6, 6.07) is 7.55. The van der Waals surface area contributed by atoms with Gasteiger partial charge in [0.15, 0.2) is 0 Å². The molecule has 0 fully saturated rings. The summed E-state index contributed by atoms with van der Waals surface area (Å²) in [4.78, 5) is 11.4. The molecule has 4 heteroatoms. The van der Waals surface area contributed by atoms with Gasteiger partial charge in [-0.3, -0.25) is 10.2 Å². The third-order valence-corrected chi connectivity index (χ3v) is 3.21. The summed E-state index contributed by atoms with van der Waals surface area (Å²) in [6.07, 6.45) is 1.15. The fraction of sp³-hybridized carbons (Fsp3) is 0.364. The summed E-state index contributed by atoms with van der Waals surface area (Å²) in [7, 11) is 0. The van der Waals surface area contributed by atoms with Crippen molar-refractivity contribution in [2.24, 2.45) is 5.84 Å². The minimum absolute atomic E-state index is 0.220. The van der Waals surface area contributed by atoms with Crippen LogP contribution in [-0.2, 0) is 5.75 Å². The van der Waals surface area contributed by atoms with E-state index in [1.54, 1.807) is 6.07 Å². The molecule has 0 bridgehead atoms. The van der Waals surface area contributed by atoms with Crippen molar-refractivity contribution in [2.75, 3.05) is 5.75 Å². The Labute approximate surface area is 94.4 Å². The maximum Gasteiger partial charge on any atom is 0.265 e. The first-order valence-electron chi connectivity index (χ1n) is 4.96. The van der Waals surface area contributed by atoms with E-state index in [-0.39, 0.29) is 5.91 Å². The molecule has 3 nitrogen and oxygen atoms in total. The van der Waals surface area contributed by atoms with Crippen molar-refractivity contribution in [2.45, 2.75) is 19.1 Å². The monoisotopic (exact) mass is 224 g/mol. The summed E-state index contributed by atoms with van der Waals surface area (Å²) >= 11 is 1.83. The number of hydrazine groups is 1. The van der Waals surface area contributed by atoms with Gasteiger partial charge in [-0.1, -0.05) is 25.1 Å². The molecule has 1 aromatic rings. The number of rotatable bonds is 5. The molecule has 0 aliphatic heterocycles. The second kappa shape index (κ2) is 6.48. The highest BCUT2D eigenvalue weighted by molar-refractivity contribution is 7.98. The first-order chi connectivity index (χ1) is 7.29. The Balaban J connectivity index is 2.73. The van der Waals surface area contributed by atoms with E-state index in [4.69, 9.17) is 5.84 Å². The molecule has 0 radical (unpaired) electrons. The predicted octanol–water partition coefficient (Wildman–Crippen LogP) is 1.93. The summed E-state index contributed by atoms with van der Waals surface area (Å²) in [5, 5.41) is 0. The van der Waals surface area contributed by atoms with Crippen LogP contribution in [0.2, 0.25) is 0 Å². The first-order valence-corrected chi connectivity index (χ1v) is 6.11. The van der Waals surface area contributed by atoms with E-state index in [0.29, 0.717) is 5.56 Å². The van der Waals surface area contributed by atoms with Gasteiger partial charge >= 0.3 is 0 Å². The normalized spacial score (nSPS) is 10.0. The van der Waals surface area contributed by atoms with Crippen molar-refractivity contribution in [1.29, 1.82) is 0 Å². The third-order valence-electron chi connectivity index (χ3n) is 2.00. The zero-order valence-electron chi connectivity index (χ0n) is 8.82. The van der Waals surface area contributed by atoms with Crippen LogP contribution in [0.15, 0.2) is 24.3 Å². The summed E-state index contributed by atoms with van der Waals surface area (Å²) in [6.45, 7) is 2.14. The van der Waals surface area contributed by atoms with Gasteiger partial charge in [0, 0.05) is 11.3 Å². The molecule has 0 unspecified atom stereocenters. The van der Waals surface area contributed by atoms with Gasteiger partial charge in [0.2, 0.25) is 0 Å². The van der Waals surface area contributed by atoms with Gasteiger partial charge in [0.1, 0.15) is 0 Å². The third kappa shape index (κ3) is 3.57. The average Bonchev–Trinajstić information content (AvgIpc) is 2.29. The highest BCUT2D eigenvalue weighted by Crippen LogP contribution is 2.16. The average molecular weight is 224 g/mol. The van der Waals surface area contributed by atoms with Gasteiger partial charge in [0.05, 0.1) is 0 Å². The van der Waals surface area contributed by atoms with E-state index in [1.165, 1.54) is 0 Å². The van der Waals surface area contributed by atoms with Gasteiger partial charge in [0.25, 0.3) is 5.91 Å². The molecule has 1 aromatic carbocycles. The molecule has 1 rings (SSSR count). The minimum atomic E-state index is -0.220. The molecule has 0 aromatic heterocycles. The molecule has 0 spiro atoms. The zero-order chi connectivity index (χ0) is 11.1. The Morgan fingerprint density at radius 3 is 2.87 bits per heavy atom. The van der Waals surface area contributed by atoms with Crippen LogP contribution in [0.1, 0.15) is 29.3 Å². The van der Waals surface area contributed by atoms with Crippen molar-refractivity contribution in [3.63, 3.8) is 0 Å². The van der Waals surface area contributed by atoms with E-state index >= 15 is 0 Å². The van der Waals surface area contributed by atoms with E-state index in [9.17, 15) is 4.79 Å². The molecule has 0 aliphatic rings. The quantitative estimate of drug-likeness (QED) is 0.348. The molecule has 0 atom stereocenters. The zero-order valence-corrected chi connectivity index (χ0v) is 9.64. The molecule has 15 heavy (non-hydrogen) atoms. The highest BCUT2D eigenvalue weighted by atomic mass is 32.2. The van der Waals surface area contributed by atoms with E-state index in [0.717, 1.165) is 23.5 Å². The lowest BCUT2D eigenvalue weighted by atomic mass is 10.1. The SMILES string of the molecule is CCCSCc1ccccc1C(=O)NN. The molecule has 0 saturated heterocycles. The molecule has 3 N–H and O–H groups in total. The molecular weight excluding hydrogens is 208 g/mol. The maximum atomic E-state index is 11.4. The summed E-state index contributed by atoms with van der Waals surface area (Å²) in [5.74, 6) is 6.87. The number of amides is 1. The standard InChI is InChI=1S/C11H16N2OS/c1-2-7-15-8-9-5-3-4-6-10(9)11(14)13-12/h3-6H,2,7-8,12H2,1H3,(H,13,14). The van der Waals surface area contributed by atoms with Gasteiger partial charge < -0.3 is 0 Å². The van der Waals surface area contributed by atoms with E-state index in [2.05, 4.69) is 12.3 Å². The van der Waals surface area contributed by atoms with E-state index < -0.39 is 0 Å². The fourth-order valence-corrected chi connectivity index (χ4v) is 2.18. The maximum absolute atomic E-state index is 11.4. The van der Waals surface area contributed by atoms with Crippen LogP contribution in [0.25, 0.3) is 0 Å². The molecule has 82 valence electrons. The topological polar surface area (TPSA) is 55.1 Å². The predicted molar refractivity (Wildman–Crippen MR) is 64.5 cm³/mol. The number of benzene rings is 1. The van der Waals surface area contributed by atoms with Crippen LogP contribution in [0.4, 0.5) is 0 Å². The Bertz CT molecular complexity index is 328. The van der Waals surface area contributed by atoms with Crippen LogP contribution >= 0.6 is 11.8 Å². The lowest BCUT2D eigenvalue weighted by Gasteiger charge is -2.07. The summed E-state index contributed by atoms with van der Waals surface area (Å²) < 4.78 is 0. The first kappa shape index (κ1) is 12.1. The highest BCUT2D eigenvalue weighted by Gasteiger charge is 2.08. The smallest absolute Gasteiger partial charge is 0.265 e. The number of hydrogen-bond donors (Lipinski definition) is 2. The number of carbonyl (C=O) groups is 1. The van der Waals surface area contributed by atoms with Crippen LogP contribution in [0.3, 0.4) is 0 Å². The number of hydrogen-bond acceptors (Lipinski definition) is 3. The van der Waals surface area contributed by atoms with Crippen LogP contribution in [-0.4, -0.2) is 11.7 Å². The molecule has 0 saturated carbocycles. The molecular formula is C11H16N2OS. The molecule has 1 amide bonds. The van der Waals surface area contributed by atoms with Crippen molar-refractivity contribution in [1.82, 2.24) is 5.43 Å². The lowest BCUT2D eigenvalue weighted by Crippen LogP contribution is -2.30. The van der Waals surface area contributed by atoms with Crippen molar-refractivity contribution >= 4 is 17.7 Å². The molecule has 0 heterocycles. The number of nitrogens with one attached hydrogen (secondary N) is 1.